The van der Waals surface area contributed by atoms with E-state index in [4.69, 9.17) is 12.2 Å². The second-order valence-electron chi connectivity index (χ2n) is 1.56. The lowest BCUT2D eigenvalue weighted by Crippen LogP contribution is -2.27. The molecule has 0 atom stereocenters. The van der Waals surface area contributed by atoms with Gasteiger partial charge in [0.2, 0.25) is 0 Å². The zero-order valence-corrected chi connectivity index (χ0v) is 6.76. The van der Waals surface area contributed by atoms with E-state index in [-0.39, 0.29) is 0 Å². The maximum Gasteiger partial charge on any atom is 0.183 e. The van der Waals surface area contributed by atoms with Crippen LogP contribution in [-0.2, 0) is 0 Å². The van der Waals surface area contributed by atoms with Crippen molar-refractivity contribution in [2.75, 3.05) is 12.8 Å². The van der Waals surface area contributed by atoms with Crippen LogP contribution in [0.4, 0.5) is 0 Å². The van der Waals surface area contributed by atoms with Crippen LogP contribution in [0, 0.1) is 0 Å². The fourth-order valence-corrected chi connectivity index (χ4v) is 1.47. The standard InChI is InChI=1S/C5H8N2S2/c1-6-5(8)7-3-2-4-9-7/h2-3H,4H2,1H3,(H,6,8). The fraction of sp³-hybridized carbons (Fsp3) is 0.400. The van der Waals surface area contributed by atoms with Gasteiger partial charge in [0.1, 0.15) is 0 Å². The molecule has 0 aromatic rings. The van der Waals surface area contributed by atoms with E-state index in [0.29, 0.717) is 0 Å². The van der Waals surface area contributed by atoms with E-state index in [1.54, 1.807) is 11.9 Å². The van der Waals surface area contributed by atoms with Crippen molar-refractivity contribution in [3.8, 4) is 0 Å². The van der Waals surface area contributed by atoms with Gasteiger partial charge in [-0.25, -0.2) is 0 Å². The van der Waals surface area contributed by atoms with Crippen LogP contribution < -0.4 is 5.32 Å². The predicted molar refractivity (Wildman–Crippen MR) is 45.1 cm³/mol. The predicted octanol–water partition coefficient (Wildman–Crippen LogP) is 0.968. The van der Waals surface area contributed by atoms with Gasteiger partial charge in [-0.15, -0.1) is 0 Å². The maximum atomic E-state index is 4.96. The van der Waals surface area contributed by atoms with E-state index in [1.807, 2.05) is 17.6 Å². The summed E-state index contributed by atoms with van der Waals surface area (Å²) in [5.74, 6) is 1.03. The molecular formula is C5H8N2S2. The molecule has 0 bridgehead atoms. The van der Waals surface area contributed by atoms with Gasteiger partial charge in [0.05, 0.1) is 0 Å². The van der Waals surface area contributed by atoms with Crippen LogP contribution in [-0.4, -0.2) is 22.2 Å². The van der Waals surface area contributed by atoms with Crippen molar-refractivity contribution in [3.63, 3.8) is 0 Å². The summed E-state index contributed by atoms with van der Waals surface area (Å²) in [6.45, 7) is 0. The molecule has 1 N–H and O–H groups in total. The molecule has 4 heteroatoms. The maximum absolute atomic E-state index is 4.96. The Labute approximate surface area is 64.4 Å². The Morgan fingerprint density at radius 3 is 3.11 bits per heavy atom. The van der Waals surface area contributed by atoms with Crippen molar-refractivity contribution in [3.05, 3.63) is 12.3 Å². The normalized spacial score (nSPS) is 16.3. The van der Waals surface area contributed by atoms with Crippen molar-refractivity contribution in [1.29, 1.82) is 0 Å². The average Bonchev–Trinajstić information content (AvgIpc) is 2.37. The smallest absolute Gasteiger partial charge is 0.183 e. The third-order valence-corrected chi connectivity index (χ3v) is 2.41. The van der Waals surface area contributed by atoms with Gasteiger partial charge in [0.25, 0.3) is 0 Å². The van der Waals surface area contributed by atoms with Gasteiger partial charge < -0.3 is 5.32 Å². The highest BCUT2D eigenvalue weighted by atomic mass is 32.2. The second kappa shape index (κ2) is 3.08. The van der Waals surface area contributed by atoms with Gasteiger partial charge in [-0.3, -0.25) is 4.31 Å². The van der Waals surface area contributed by atoms with Crippen LogP contribution >= 0.6 is 24.2 Å². The Morgan fingerprint density at radius 1 is 1.89 bits per heavy atom. The Bertz CT molecular complexity index is 144. The van der Waals surface area contributed by atoms with Crippen molar-refractivity contribution < 1.29 is 0 Å². The first-order valence-electron chi connectivity index (χ1n) is 2.65. The second-order valence-corrected chi connectivity index (χ2v) is 2.93. The summed E-state index contributed by atoms with van der Waals surface area (Å²) in [4.78, 5) is 0. The van der Waals surface area contributed by atoms with E-state index >= 15 is 0 Å². The van der Waals surface area contributed by atoms with Gasteiger partial charge in [-0.1, -0.05) is 6.08 Å². The Balaban J connectivity index is 2.43. The highest BCUT2D eigenvalue weighted by Gasteiger charge is 2.07. The molecule has 0 unspecified atom stereocenters. The summed E-state index contributed by atoms with van der Waals surface area (Å²) >= 11 is 6.65. The van der Waals surface area contributed by atoms with E-state index in [0.717, 1.165) is 10.9 Å². The van der Waals surface area contributed by atoms with Gasteiger partial charge in [0.15, 0.2) is 5.11 Å². The van der Waals surface area contributed by atoms with Gasteiger partial charge in [-0.2, -0.15) is 0 Å². The highest BCUT2D eigenvalue weighted by molar-refractivity contribution is 7.99. The summed E-state index contributed by atoms with van der Waals surface area (Å²) < 4.78 is 1.94. The Kier molecular flexibility index (Phi) is 2.36. The number of thiocarbonyl (C=S) groups is 1. The number of rotatable bonds is 0. The van der Waals surface area contributed by atoms with Crippen LogP contribution in [0.2, 0.25) is 0 Å². The lowest BCUT2D eigenvalue weighted by Gasteiger charge is -2.12. The van der Waals surface area contributed by atoms with Crippen molar-refractivity contribution >= 4 is 29.3 Å². The van der Waals surface area contributed by atoms with Gasteiger partial charge >= 0.3 is 0 Å². The largest absolute Gasteiger partial charge is 0.365 e. The molecule has 1 aliphatic heterocycles. The van der Waals surface area contributed by atoms with Crippen LogP contribution in [0.25, 0.3) is 0 Å². The number of nitrogens with zero attached hydrogens (tertiary/aromatic N) is 1. The Morgan fingerprint density at radius 2 is 2.67 bits per heavy atom. The van der Waals surface area contributed by atoms with Crippen LogP contribution in [0.5, 0.6) is 0 Å². The molecule has 0 fully saturated rings. The average molecular weight is 160 g/mol. The molecule has 0 saturated heterocycles. The fourth-order valence-electron chi connectivity index (χ4n) is 0.542. The first-order valence-corrected chi connectivity index (χ1v) is 4.00. The molecule has 0 amide bonds. The number of nitrogens with one attached hydrogen (secondary N) is 1. The van der Waals surface area contributed by atoms with Crippen LogP contribution in [0.1, 0.15) is 0 Å². The number of hydrogen-bond donors (Lipinski definition) is 1. The minimum absolute atomic E-state index is 0.772. The number of hydrogen-bond acceptors (Lipinski definition) is 2. The molecule has 0 saturated carbocycles. The lowest BCUT2D eigenvalue weighted by atomic mass is 10.7. The molecular weight excluding hydrogens is 152 g/mol. The zero-order chi connectivity index (χ0) is 6.69. The summed E-state index contributed by atoms with van der Waals surface area (Å²) in [5, 5.41) is 3.66. The molecule has 50 valence electrons. The van der Waals surface area contributed by atoms with Crippen molar-refractivity contribution in [1.82, 2.24) is 9.62 Å². The van der Waals surface area contributed by atoms with E-state index in [9.17, 15) is 0 Å². The summed E-state index contributed by atoms with van der Waals surface area (Å²) in [7, 11) is 1.83. The SMILES string of the molecule is CNC(=S)N1C=CCS1. The molecule has 0 spiro atoms. The molecule has 2 nitrogen and oxygen atoms in total. The monoisotopic (exact) mass is 160 g/mol. The van der Waals surface area contributed by atoms with Gasteiger partial charge in [-0.05, 0) is 24.2 Å². The molecule has 1 aliphatic rings. The first-order chi connectivity index (χ1) is 4.34. The Hall–Kier alpha value is -0.220. The topological polar surface area (TPSA) is 15.3 Å². The van der Waals surface area contributed by atoms with Crippen LogP contribution in [0.3, 0.4) is 0 Å². The molecule has 0 aromatic carbocycles. The van der Waals surface area contributed by atoms with Gasteiger partial charge in [0, 0.05) is 19.0 Å². The molecule has 1 heterocycles. The third-order valence-electron chi connectivity index (χ3n) is 0.965. The quantitative estimate of drug-likeness (QED) is 0.419. The molecule has 1 rings (SSSR count). The van der Waals surface area contributed by atoms with Crippen molar-refractivity contribution in [2.24, 2.45) is 0 Å². The minimum Gasteiger partial charge on any atom is -0.365 e. The van der Waals surface area contributed by atoms with Crippen LogP contribution in [0.15, 0.2) is 12.3 Å². The highest BCUT2D eigenvalue weighted by Crippen LogP contribution is 2.16. The molecule has 0 aliphatic carbocycles. The zero-order valence-electron chi connectivity index (χ0n) is 5.13. The summed E-state index contributed by atoms with van der Waals surface area (Å²) in [5.41, 5.74) is 0. The van der Waals surface area contributed by atoms with E-state index in [2.05, 4.69) is 11.4 Å². The van der Waals surface area contributed by atoms with Crippen molar-refractivity contribution in [2.45, 2.75) is 0 Å². The third kappa shape index (κ3) is 1.59. The van der Waals surface area contributed by atoms with E-state index in [1.165, 1.54) is 0 Å². The lowest BCUT2D eigenvalue weighted by molar-refractivity contribution is 0.901. The molecule has 0 aromatic heterocycles. The summed E-state index contributed by atoms with van der Waals surface area (Å²) in [6.07, 6.45) is 4.05. The molecule has 0 radical (unpaired) electrons. The van der Waals surface area contributed by atoms with E-state index < -0.39 is 0 Å². The summed E-state index contributed by atoms with van der Waals surface area (Å²) in [6, 6.07) is 0. The minimum atomic E-state index is 0.772. The first kappa shape index (κ1) is 6.89. The molecule has 9 heavy (non-hydrogen) atoms.